The van der Waals surface area contributed by atoms with Crippen LogP contribution in [0.15, 0.2) is 23.4 Å². The highest BCUT2D eigenvalue weighted by Gasteiger charge is 2.18. The Labute approximate surface area is 132 Å². The van der Waals surface area contributed by atoms with Crippen LogP contribution in [0.1, 0.15) is 32.6 Å². The van der Waals surface area contributed by atoms with Gasteiger partial charge in [0.15, 0.2) is 5.03 Å². The maximum Gasteiger partial charge on any atom is 0.260 e. The molecule has 1 aromatic heterocycles. The molecule has 21 heavy (non-hydrogen) atoms. The predicted molar refractivity (Wildman–Crippen MR) is 90.4 cm³/mol. The van der Waals surface area contributed by atoms with E-state index >= 15 is 0 Å². The summed E-state index contributed by atoms with van der Waals surface area (Å²) >= 11 is 1.85. The zero-order valence-electron chi connectivity index (χ0n) is 12.8. The van der Waals surface area contributed by atoms with Crippen LogP contribution in [-0.4, -0.2) is 38.5 Å². The second kappa shape index (κ2) is 10.0. The smallest absolute Gasteiger partial charge is 0.260 e. The molecule has 0 spiro atoms. The molecule has 0 aliphatic rings. The standard InChI is InChI=1S/C14H25N3O2S2/c1-3-15-13-9-8-10-16-14(13)21(18,19)17-11-6-4-5-7-12-20-2/h8-10,15,17H,3-7,11-12H2,1-2H3. The minimum absolute atomic E-state index is 0.0780. The first-order valence-corrected chi connectivity index (χ1v) is 10.2. The molecule has 1 heterocycles. The summed E-state index contributed by atoms with van der Waals surface area (Å²) in [5.74, 6) is 1.17. The van der Waals surface area contributed by atoms with Crippen LogP contribution in [0, 0.1) is 0 Å². The number of anilines is 1. The molecule has 0 aliphatic carbocycles. The Kier molecular flexibility index (Phi) is 8.72. The van der Waals surface area contributed by atoms with E-state index in [-0.39, 0.29) is 5.03 Å². The third-order valence-electron chi connectivity index (χ3n) is 2.96. The van der Waals surface area contributed by atoms with E-state index in [1.54, 1.807) is 12.1 Å². The number of thioether (sulfide) groups is 1. The molecule has 0 fully saturated rings. The number of unbranched alkanes of at least 4 members (excludes halogenated alkanes) is 3. The number of nitrogens with zero attached hydrogens (tertiary/aromatic N) is 1. The number of aromatic nitrogens is 1. The van der Waals surface area contributed by atoms with Crippen molar-refractivity contribution in [2.45, 2.75) is 37.6 Å². The van der Waals surface area contributed by atoms with Gasteiger partial charge >= 0.3 is 0 Å². The molecule has 7 heteroatoms. The minimum atomic E-state index is -3.54. The quantitative estimate of drug-likeness (QED) is 0.610. The van der Waals surface area contributed by atoms with Crippen LogP contribution in [0.2, 0.25) is 0 Å². The summed E-state index contributed by atoms with van der Waals surface area (Å²) in [5, 5.41) is 3.10. The monoisotopic (exact) mass is 331 g/mol. The second-order valence-electron chi connectivity index (χ2n) is 4.69. The first-order chi connectivity index (χ1) is 10.1. The van der Waals surface area contributed by atoms with Crippen LogP contribution >= 0.6 is 11.8 Å². The van der Waals surface area contributed by atoms with E-state index in [1.165, 1.54) is 18.4 Å². The van der Waals surface area contributed by atoms with Crippen LogP contribution in [-0.2, 0) is 10.0 Å². The minimum Gasteiger partial charge on any atom is -0.383 e. The number of hydrogen-bond donors (Lipinski definition) is 2. The highest BCUT2D eigenvalue weighted by atomic mass is 32.2. The average Bonchev–Trinajstić information content (AvgIpc) is 2.47. The van der Waals surface area contributed by atoms with Crippen molar-refractivity contribution in [1.82, 2.24) is 9.71 Å². The second-order valence-corrected chi connectivity index (χ2v) is 7.36. The van der Waals surface area contributed by atoms with Crippen molar-refractivity contribution < 1.29 is 8.42 Å². The fraction of sp³-hybridized carbons (Fsp3) is 0.643. The average molecular weight is 332 g/mol. The van der Waals surface area contributed by atoms with Crippen molar-refractivity contribution in [1.29, 1.82) is 0 Å². The molecule has 2 N–H and O–H groups in total. The molecule has 0 radical (unpaired) electrons. The van der Waals surface area contributed by atoms with Gasteiger partial charge in [0.1, 0.15) is 0 Å². The lowest BCUT2D eigenvalue weighted by Gasteiger charge is -2.11. The van der Waals surface area contributed by atoms with Crippen molar-refractivity contribution in [2.75, 3.05) is 30.4 Å². The molecule has 1 rings (SSSR count). The van der Waals surface area contributed by atoms with Crippen molar-refractivity contribution in [2.24, 2.45) is 0 Å². The lowest BCUT2D eigenvalue weighted by atomic mass is 10.2. The molecular formula is C14H25N3O2S2. The Bertz CT molecular complexity index is 507. The predicted octanol–water partition coefficient (Wildman–Crippen LogP) is 2.72. The molecule has 5 nitrogen and oxygen atoms in total. The van der Waals surface area contributed by atoms with Gasteiger partial charge in [-0.3, -0.25) is 0 Å². The molecule has 0 atom stereocenters. The van der Waals surface area contributed by atoms with Crippen LogP contribution in [0.4, 0.5) is 5.69 Å². The SMILES string of the molecule is CCNc1cccnc1S(=O)(=O)NCCCCCCSC. The molecule has 0 unspecified atom stereocenters. The summed E-state index contributed by atoms with van der Waals surface area (Å²) in [6, 6.07) is 3.45. The van der Waals surface area contributed by atoms with E-state index in [9.17, 15) is 8.42 Å². The van der Waals surface area contributed by atoms with Crippen molar-refractivity contribution >= 4 is 27.5 Å². The zero-order valence-corrected chi connectivity index (χ0v) is 14.4. The number of sulfonamides is 1. The largest absolute Gasteiger partial charge is 0.383 e. The van der Waals surface area contributed by atoms with Crippen LogP contribution in [0.3, 0.4) is 0 Å². The van der Waals surface area contributed by atoms with Crippen LogP contribution < -0.4 is 10.0 Å². The normalized spacial score (nSPS) is 11.5. The zero-order chi connectivity index (χ0) is 15.6. The number of hydrogen-bond acceptors (Lipinski definition) is 5. The van der Waals surface area contributed by atoms with Gasteiger partial charge in [0.25, 0.3) is 10.0 Å². The van der Waals surface area contributed by atoms with Gasteiger partial charge < -0.3 is 5.32 Å². The molecule has 0 saturated carbocycles. The van der Waals surface area contributed by atoms with Crippen molar-refractivity contribution in [3.8, 4) is 0 Å². The summed E-state index contributed by atoms with van der Waals surface area (Å²) in [5.41, 5.74) is 0.549. The third kappa shape index (κ3) is 6.67. The maximum absolute atomic E-state index is 12.2. The van der Waals surface area contributed by atoms with Crippen molar-refractivity contribution in [3.05, 3.63) is 18.3 Å². The highest BCUT2D eigenvalue weighted by Crippen LogP contribution is 2.17. The summed E-state index contributed by atoms with van der Waals surface area (Å²) in [6.45, 7) is 3.04. The van der Waals surface area contributed by atoms with Gasteiger partial charge in [-0.25, -0.2) is 18.1 Å². The highest BCUT2D eigenvalue weighted by molar-refractivity contribution is 7.98. The van der Waals surface area contributed by atoms with Crippen molar-refractivity contribution in [3.63, 3.8) is 0 Å². The van der Waals surface area contributed by atoms with Gasteiger partial charge in [-0.2, -0.15) is 11.8 Å². The van der Waals surface area contributed by atoms with E-state index in [0.717, 1.165) is 19.3 Å². The van der Waals surface area contributed by atoms with Gasteiger partial charge in [0.2, 0.25) is 0 Å². The number of rotatable bonds is 11. The Morgan fingerprint density at radius 3 is 2.71 bits per heavy atom. The molecule has 0 aliphatic heterocycles. The molecular weight excluding hydrogens is 306 g/mol. The Hall–Kier alpha value is -0.790. The van der Waals surface area contributed by atoms with Gasteiger partial charge in [0.05, 0.1) is 5.69 Å². The Morgan fingerprint density at radius 2 is 2.00 bits per heavy atom. The molecule has 0 bridgehead atoms. The molecule has 0 saturated heterocycles. The van der Waals surface area contributed by atoms with Gasteiger partial charge in [-0.1, -0.05) is 12.8 Å². The maximum atomic E-state index is 12.2. The van der Waals surface area contributed by atoms with E-state index < -0.39 is 10.0 Å². The molecule has 0 amide bonds. The molecule has 120 valence electrons. The molecule has 1 aromatic rings. The lowest BCUT2D eigenvalue weighted by molar-refractivity contribution is 0.570. The number of pyridine rings is 1. The summed E-state index contributed by atoms with van der Waals surface area (Å²) in [7, 11) is -3.54. The van der Waals surface area contributed by atoms with Crippen LogP contribution in [0.5, 0.6) is 0 Å². The Morgan fingerprint density at radius 1 is 1.24 bits per heavy atom. The van der Waals surface area contributed by atoms with E-state index in [1.807, 2.05) is 18.7 Å². The lowest BCUT2D eigenvalue weighted by Crippen LogP contribution is -2.26. The fourth-order valence-corrected chi connectivity index (χ4v) is 3.60. The van der Waals surface area contributed by atoms with Crippen LogP contribution in [0.25, 0.3) is 0 Å². The van der Waals surface area contributed by atoms with E-state index in [0.29, 0.717) is 18.8 Å². The molecule has 0 aromatic carbocycles. The van der Waals surface area contributed by atoms with E-state index in [4.69, 9.17) is 0 Å². The van der Waals surface area contributed by atoms with Gasteiger partial charge in [0, 0.05) is 19.3 Å². The summed E-state index contributed by atoms with van der Waals surface area (Å²) < 4.78 is 27.1. The topological polar surface area (TPSA) is 71.1 Å². The van der Waals surface area contributed by atoms with Gasteiger partial charge in [-0.05, 0) is 43.9 Å². The Balaban J connectivity index is 2.46. The summed E-state index contributed by atoms with van der Waals surface area (Å²) in [6.07, 6.45) is 7.84. The third-order valence-corrected chi connectivity index (χ3v) is 5.08. The first kappa shape index (κ1) is 18.3. The number of nitrogens with one attached hydrogen (secondary N) is 2. The van der Waals surface area contributed by atoms with Gasteiger partial charge in [-0.15, -0.1) is 0 Å². The van der Waals surface area contributed by atoms with E-state index in [2.05, 4.69) is 21.3 Å². The fourth-order valence-electron chi connectivity index (χ4n) is 1.93. The first-order valence-electron chi connectivity index (χ1n) is 7.29. The summed E-state index contributed by atoms with van der Waals surface area (Å²) in [4.78, 5) is 3.99.